The maximum absolute atomic E-state index is 13.4. The molecule has 1 amide bonds. The number of nitrogens with zero attached hydrogens (tertiary/aromatic N) is 2. The number of hydrogen-bond donors (Lipinski definition) is 0. The molecule has 5 nitrogen and oxygen atoms in total. The van der Waals surface area contributed by atoms with Crippen molar-refractivity contribution in [2.75, 3.05) is 26.8 Å². The summed E-state index contributed by atoms with van der Waals surface area (Å²) in [5.41, 5.74) is 2.64. The monoisotopic (exact) mass is 354 g/mol. The number of aromatic nitrogens is 1. The van der Waals surface area contributed by atoms with Crippen LogP contribution in [0.15, 0.2) is 24.3 Å². The van der Waals surface area contributed by atoms with Crippen LogP contribution in [0, 0.1) is 0 Å². The van der Waals surface area contributed by atoms with Crippen molar-refractivity contribution in [3.63, 3.8) is 0 Å². The summed E-state index contributed by atoms with van der Waals surface area (Å²) in [5.74, 6) is 1.31. The van der Waals surface area contributed by atoms with Crippen LogP contribution in [0.2, 0.25) is 0 Å². The van der Waals surface area contributed by atoms with E-state index in [-0.39, 0.29) is 12.0 Å². The molecule has 2 aromatic rings. The maximum Gasteiger partial charge on any atom is 0.254 e. The number of pyridine rings is 1. The summed E-state index contributed by atoms with van der Waals surface area (Å²) in [5, 5.41) is 0.865. The molecule has 1 unspecified atom stereocenters. The quantitative estimate of drug-likeness (QED) is 0.792. The zero-order chi connectivity index (χ0) is 18.1. The number of methoxy groups -OCH3 is 1. The molecule has 2 heterocycles. The van der Waals surface area contributed by atoms with Gasteiger partial charge in [0.25, 0.3) is 5.91 Å². The second-order valence-electron chi connectivity index (χ2n) is 7.23. The molecule has 2 aliphatic rings. The molecule has 5 heteroatoms. The number of fused-ring (bicyclic) bond motifs is 1. The second-order valence-corrected chi connectivity index (χ2v) is 7.23. The molecule has 138 valence electrons. The Hall–Kier alpha value is -2.14. The summed E-state index contributed by atoms with van der Waals surface area (Å²) in [7, 11) is 1.64. The minimum absolute atomic E-state index is 0.0607. The van der Waals surface area contributed by atoms with Crippen molar-refractivity contribution in [2.24, 2.45) is 0 Å². The van der Waals surface area contributed by atoms with Gasteiger partial charge in [0.1, 0.15) is 5.75 Å². The van der Waals surface area contributed by atoms with Crippen LogP contribution < -0.4 is 4.74 Å². The van der Waals surface area contributed by atoms with Gasteiger partial charge in [-0.3, -0.25) is 9.78 Å². The minimum atomic E-state index is 0.0607. The summed E-state index contributed by atoms with van der Waals surface area (Å²) < 4.78 is 11.1. The molecule has 1 saturated heterocycles. The van der Waals surface area contributed by atoms with Crippen LogP contribution in [0.3, 0.4) is 0 Å². The van der Waals surface area contributed by atoms with Crippen LogP contribution >= 0.6 is 0 Å². The predicted octanol–water partition coefficient (Wildman–Crippen LogP) is 3.76. The van der Waals surface area contributed by atoms with Crippen LogP contribution in [-0.4, -0.2) is 48.7 Å². The van der Waals surface area contributed by atoms with Crippen LogP contribution in [0.4, 0.5) is 0 Å². The van der Waals surface area contributed by atoms with Crippen LogP contribution in [0.25, 0.3) is 10.9 Å². The van der Waals surface area contributed by atoms with Gasteiger partial charge in [-0.2, -0.15) is 0 Å². The highest BCUT2D eigenvalue weighted by Gasteiger charge is 2.29. The molecule has 1 saturated carbocycles. The SMILES string of the molecule is CCN(CC1CCCO1)C(=O)c1cc(C2CC2)nc2ccc(OC)cc12. The molecule has 1 atom stereocenters. The van der Waals surface area contributed by atoms with Gasteiger partial charge < -0.3 is 14.4 Å². The molecule has 26 heavy (non-hydrogen) atoms. The molecule has 0 radical (unpaired) electrons. The van der Waals surface area contributed by atoms with Gasteiger partial charge >= 0.3 is 0 Å². The van der Waals surface area contributed by atoms with Gasteiger partial charge in [-0.15, -0.1) is 0 Å². The Kier molecular flexibility index (Phi) is 4.81. The molecule has 0 bridgehead atoms. The van der Waals surface area contributed by atoms with Gasteiger partial charge in [-0.1, -0.05) is 0 Å². The third-order valence-electron chi connectivity index (χ3n) is 5.38. The first-order valence-corrected chi connectivity index (χ1v) is 9.59. The Labute approximate surface area is 154 Å². The lowest BCUT2D eigenvalue weighted by molar-refractivity contribution is 0.0540. The van der Waals surface area contributed by atoms with E-state index < -0.39 is 0 Å². The van der Waals surface area contributed by atoms with E-state index >= 15 is 0 Å². The van der Waals surface area contributed by atoms with E-state index in [2.05, 4.69) is 0 Å². The van der Waals surface area contributed by atoms with E-state index in [0.717, 1.165) is 60.2 Å². The molecular weight excluding hydrogens is 328 g/mol. The fourth-order valence-electron chi connectivity index (χ4n) is 3.68. The molecule has 1 aromatic carbocycles. The minimum Gasteiger partial charge on any atom is -0.497 e. The number of carbonyl (C=O) groups is 1. The second kappa shape index (κ2) is 7.23. The third-order valence-corrected chi connectivity index (χ3v) is 5.38. The Balaban J connectivity index is 1.72. The number of hydrogen-bond acceptors (Lipinski definition) is 4. The van der Waals surface area contributed by atoms with Gasteiger partial charge in [0.15, 0.2) is 0 Å². The molecule has 1 aliphatic carbocycles. The summed E-state index contributed by atoms with van der Waals surface area (Å²) in [6.45, 7) is 4.16. The first-order chi connectivity index (χ1) is 12.7. The standard InChI is InChI=1S/C21H26N2O3/c1-3-23(13-16-5-4-10-26-16)21(24)18-12-20(14-6-7-14)22-19-9-8-15(25-2)11-17(18)19/h8-9,11-12,14,16H,3-7,10,13H2,1-2H3. The van der Waals surface area contributed by atoms with Crippen molar-refractivity contribution in [1.82, 2.24) is 9.88 Å². The van der Waals surface area contributed by atoms with Crippen LogP contribution in [0.5, 0.6) is 5.75 Å². The molecule has 0 N–H and O–H groups in total. The molecule has 0 spiro atoms. The van der Waals surface area contributed by atoms with Gasteiger partial charge in [0.05, 0.1) is 24.3 Å². The Morgan fingerprint density at radius 2 is 2.15 bits per heavy atom. The predicted molar refractivity (Wildman–Crippen MR) is 101 cm³/mol. The summed E-state index contributed by atoms with van der Waals surface area (Å²) in [6, 6.07) is 7.78. The van der Waals surface area contributed by atoms with Crippen molar-refractivity contribution in [1.29, 1.82) is 0 Å². The first kappa shape index (κ1) is 17.3. The highest BCUT2D eigenvalue weighted by atomic mass is 16.5. The summed E-state index contributed by atoms with van der Waals surface area (Å²) in [6.07, 6.45) is 4.59. The smallest absolute Gasteiger partial charge is 0.254 e. The van der Waals surface area contributed by atoms with Crippen molar-refractivity contribution < 1.29 is 14.3 Å². The van der Waals surface area contributed by atoms with Gasteiger partial charge in [0, 0.05) is 36.7 Å². The lowest BCUT2D eigenvalue weighted by atomic mass is 10.0. The van der Waals surface area contributed by atoms with Crippen LogP contribution in [0.1, 0.15) is 54.6 Å². The number of likely N-dealkylation sites (N-methyl/N-ethyl adjacent to an activating group) is 1. The Morgan fingerprint density at radius 1 is 1.31 bits per heavy atom. The van der Waals surface area contributed by atoms with Gasteiger partial charge in [0.2, 0.25) is 0 Å². The van der Waals surface area contributed by atoms with Crippen LogP contribution in [-0.2, 0) is 4.74 Å². The van der Waals surface area contributed by atoms with Gasteiger partial charge in [-0.25, -0.2) is 0 Å². The summed E-state index contributed by atoms with van der Waals surface area (Å²) >= 11 is 0. The molecule has 1 aromatic heterocycles. The number of benzene rings is 1. The van der Waals surface area contributed by atoms with E-state index in [0.29, 0.717) is 19.0 Å². The van der Waals surface area contributed by atoms with Crippen molar-refractivity contribution in [2.45, 2.75) is 44.6 Å². The lowest BCUT2D eigenvalue weighted by Gasteiger charge is -2.25. The number of amides is 1. The fourth-order valence-corrected chi connectivity index (χ4v) is 3.68. The summed E-state index contributed by atoms with van der Waals surface area (Å²) in [4.78, 5) is 20.1. The normalized spacial score (nSPS) is 19.7. The zero-order valence-corrected chi connectivity index (χ0v) is 15.5. The van der Waals surface area contributed by atoms with E-state index in [4.69, 9.17) is 14.5 Å². The topological polar surface area (TPSA) is 51.7 Å². The van der Waals surface area contributed by atoms with Gasteiger partial charge in [-0.05, 0) is 56.9 Å². The fraction of sp³-hybridized carbons (Fsp3) is 0.524. The zero-order valence-electron chi connectivity index (χ0n) is 15.5. The van der Waals surface area contributed by atoms with E-state index in [1.807, 2.05) is 36.1 Å². The molecule has 1 aliphatic heterocycles. The van der Waals surface area contributed by atoms with Crippen molar-refractivity contribution in [3.8, 4) is 5.75 Å². The number of ether oxygens (including phenoxy) is 2. The molecule has 4 rings (SSSR count). The number of carbonyl (C=O) groups excluding carboxylic acids is 1. The maximum atomic E-state index is 13.4. The van der Waals surface area contributed by atoms with E-state index in [9.17, 15) is 4.79 Å². The van der Waals surface area contributed by atoms with Crippen molar-refractivity contribution in [3.05, 3.63) is 35.5 Å². The van der Waals surface area contributed by atoms with E-state index in [1.165, 1.54) is 0 Å². The Bertz CT molecular complexity index is 810. The van der Waals surface area contributed by atoms with E-state index in [1.54, 1.807) is 7.11 Å². The first-order valence-electron chi connectivity index (χ1n) is 9.59. The molecular formula is C21H26N2O3. The highest BCUT2D eigenvalue weighted by molar-refractivity contribution is 6.06. The third kappa shape index (κ3) is 3.40. The average Bonchev–Trinajstić information content (AvgIpc) is 3.40. The number of rotatable bonds is 6. The lowest BCUT2D eigenvalue weighted by Crippen LogP contribution is -2.37. The van der Waals surface area contributed by atoms with Crippen molar-refractivity contribution >= 4 is 16.8 Å². The average molecular weight is 354 g/mol. The molecule has 2 fully saturated rings. The largest absolute Gasteiger partial charge is 0.497 e. The Morgan fingerprint density at radius 3 is 2.81 bits per heavy atom. The highest BCUT2D eigenvalue weighted by Crippen LogP contribution is 2.40.